The molecule has 1 N–H and O–H groups in total. The number of carboxylic acid groups (broad SMARTS) is 1. The molecule has 0 amide bonds. The molecule has 2 aromatic rings. The zero-order valence-corrected chi connectivity index (χ0v) is 10.3. The Bertz CT molecular complexity index is 759. The second kappa shape index (κ2) is 3.91. The van der Waals surface area contributed by atoms with Crippen molar-refractivity contribution in [3.8, 4) is 0 Å². The lowest BCUT2D eigenvalue weighted by molar-refractivity contribution is 0.0695. The second-order valence-corrected chi connectivity index (χ2v) is 4.93. The Morgan fingerprint density at radius 1 is 1.42 bits per heavy atom. The normalized spacial score (nSPS) is 14.8. The topological polar surface area (TPSA) is 59.3 Å². The monoisotopic (exact) mass is 261 g/mol. The molecule has 0 aliphatic heterocycles. The number of halogens is 1. The number of nitrogens with zero attached hydrogens (tertiary/aromatic N) is 1. The molecule has 0 unspecified atom stereocenters. The summed E-state index contributed by atoms with van der Waals surface area (Å²) in [5.41, 5.74) is 0.127. The molecule has 1 aliphatic rings. The van der Waals surface area contributed by atoms with Gasteiger partial charge in [0, 0.05) is 17.6 Å². The number of carbonyl (C=O) groups is 1. The Morgan fingerprint density at radius 3 is 2.68 bits per heavy atom. The predicted octanol–water partition coefficient (Wildman–Crippen LogP) is 2.48. The number of benzene rings is 1. The molecule has 0 atom stereocenters. The molecule has 3 rings (SSSR count). The van der Waals surface area contributed by atoms with Gasteiger partial charge in [-0.1, -0.05) is 0 Å². The van der Waals surface area contributed by atoms with Crippen molar-refractivity contribution in [2.45, 2.75) is 25.8 Å². The Labute approximate surface area is 108 Å². The maximum absolute atomic E-state index is 13.6. The van der Waals surface area contributed by atoms with Gasteiger partial charge >= 0.3 is 5.97 Å². The van der Waals surface area contributed by atoms with Crippen LogP contribution in [0.15, 0.2) is 23.1 Å². The van der Waals surface area contributed by atoms with Crippen LogP contribution >= 0.6 is 0 Å². The molecule has 5 heteroatoms. The summed E-state index contributed by atoms with van der Waals surface area (Å²) in [6, 6.07) is 2.96. The van der Waals surface area contributed by atoms with E-state index in [9.17, 15) is 14.0 Å². The summed E-state index contributed by atoms with van der Waals surface area (Å²) in [5.74, 6) is -1.77. The largest absolute Gasteiger partial charge is 0.477 e. The van der Waals surface area contributed by atoms with E-state index >= 15 is 0 Å². The fourth-order valence-corrected chi connectivity index (χ4v) is 2.28. The Hall–Kier alpha value is -2.17. The molecule has 0 saturated heterocycles. The standard InChI is InChI=1S/C14H12FNO3/c1-7-4-12-9(5-11(7)15)13(17)10(14(18)19)6-16(12)8-2-3-8/h4-6,8H,2-3H2,1H3,(H,18,19). The number of rotatable bonds is 2. The van der Waals surface area contributed by atoms with Crippen molar-refractivity contribution in [3.05, 3.63) is 45.5 Å². The number of aryl methyl sites for hydroxylation is 1. The highest BCUT2D eigenvalue weighted by Gasteiger charge is 2.27. The van der Waals surface area contributed by atoms with E-state index in [2.05, 4.69) is 0 Å². The summed E-state index contributed by atoms with van der Waals surface area (Å²) in [6.45, 7) is 1.63. The molecule has 98 valence electrons. The Balaban J connectivity index is 2.45. The van der Waals surface area contributed by atoms with Crippen LogP contribution in [0, 0.1) is 12.7 Å². The predicted molar refractivity (Wildman–Crippen MR) is 68.1 cm³/mol. The highest BCUT2D eigenvalue weighted by atomic mass is 19.1. The van der Waals surface area contributed by atoms with E-state index in [1.165, 1.54) is 6.20 Å². The summed E-state index contributed by atoms with van der Waals surface area (Å²) in [7, 11) is 0. The Kier molecular flexibility index (Phi) is 2.45. The van der Waals surface area contributed by atoms with Gasteiger partial charge in [0.25, 0.3) is 0 Å². The van der Waals surface area contributed by atoms with Crippen molar-refractivity contribution in [1.29, 1.82) is 0 Å². The van der Waals surface area contributed by atoms with E-state index in [4.69, 9.17) is 5.11 Å². The average Bonchev–Trinajstić information content (AvgIpc) is 3.16. The van der Waals surface area contributed by atoms with Crippen molar-refractivity contribution in [3.63, 3.8) is 0 Å². The minimum absolute atomic E-state index is 0.134. The SMILES string of the molecule is Cc1cc2c(cc1F)c(=O)c(C(=O)O)cn2C1CC1. The van der Waals surface area contributed by atoms with Crippen LogP contribution < -0.4 is 5.43 Å². The van der Waals surface area contributed by atoms with Gasteiger partial charge in [0.15, 0.2) is 0 Å². The van der Waals surface area contributed by atoms with Crippen molar-refractivity contribution in [1.82, 2.24) is 4.57 Å². The minimum Gasteiger partial charge on any atom is -0.477 e. The van der Waals surface area contributed by atoms with E-state index in [0.717, 1.165) is 18.9 Å². The fraction of sp³-hybridized carbons (Fsp3) is 0.286. The van der Waals surface area contributed by atoms with Crippen LogP contribution in [0.25, 0.3) is 10.9 Å². The smallest absolute Gasteiger partial charge is 0.341 e. The molecule has 1 aromatic heterocycles. The molecule has 0 radical (unpaired) electrons. The van der Waals surface area contributed by atoms with Gasteiger partial charge in [-0.05, 0) is 37.5 Å². The first kappa shape index (κ1) is 11.9. The van der Waals surface area contributed by atoms with Crippen LogP contribution in [0.1, 0.15) is 34.8 Å². The van der Waals surface area contributed by atoms with Crippen molar-refractivity contribution in [2.24, 2.45) is 0 Å². The average molecular weight is 261 g/mol. The number of aromatic carboxylic acids is 1. The summed E-state index contributed by atoms with van der Waals surface area (Å²) in [6.07, 6.45) is 3.28. The lowest BCUT2D eigenvalue weighted by Gasteiger charge is -2.12. The second-order valence-electron chi connectivity index (χ2n) is 4.93. The zero-order valence-electron chi connectivity index (χ0n) is 10.3. The molecule has 19 heavy (non-hydrogen) atoms. The van der Waals surface area contributed by atoms with Crippen LogP contribution in [0.4, 0.5) is 4.39 Å². The van der Waals surface area contributed by atoms with E-state index < -0.39 is 17.2 Å². The summed E-state index contributed by atoms with van der Waals surface area (Å²) < 4.78 is 15.4. The summed E-state index contributed by atoms with van der Waals surface area (Å²) >= 11 is 0. The van der Waals surface area contributed by atoms with Gasteiger partial charge in [-0.3, -0.25) is 4.79 Å². The molecular weight excluding hydrogens is 249 g/mol. The molecule has 4 nitrogen and oxygen atoms in total. The maximum atomic E-state index is 13.6. The van der Waals surface area contributed by atoms with Gasteiger partial charge in [0.2, 0.25) is 5.43 Å². The molecule has 1 aliphatic carbocycles. The van der Waals surface area contributed by atoms with E-state index in [-0.39, 0.29) is 17.0 Å². The lowest BCUT2D eigenvalue weighted by atomic mass is 10.1. The van der Waals surface area contributed by atoms with E-state index in [0.29, 0.717) is 11.1 Å². The van der Waals surface area contributed by atoms with Gasteiger partial charge in [-0.15, -0.1) is 0 Å². The van der Waals surface area contributed by atoms with Crippen LogP contribution in [0.2, 0.25) is 0 Å². The van der Waals surface area contributed by atoms with Crippen LogP contribution in [-0.4, -0.2) is 15.6 Å². The van der Waals surface area contributed by atoms with E-state index in [1.807, 2.05) is 0 Å². The molecule has 0 bridgehead atoms. The molecule has 1 heterocycles. The summed E-state index contributed by atoms with van der Waals surface area (Å²) in [5, 5.41) is 9.20. The van der Waals surface area contributed by atoms with Crippen LogP contribution in [0.5, 0.6) is 0 Å². The third-order valence-electron chi connectivity index (χ3n) is 3.48. The van der Waals surface area contributed by atoms with Gasteiger partial charge in [-0.25, -0.2) is 9.18 Å². The lowest BCUT2D eigenvalue weighted by Crippen LogP contribution is -2.19. The first-order chi connectivity index (χ1) is 8.99. The van der Waals surface area contributed by atoms with Crippen molar-refractivity contribution >= 4 is 16.9 Å². The van der Waals surface area contributed by atoms with Crippen LogP contribution in [0.3, 0.4) is 0 Å². The van der Waals surface area contributed by atoms with Gasteiger partial charge in [-0.2, -0.15) is 0 Å². The Morgan fingerprint density at radius 2 is 2.11 bits per heavy atom. The quantitative estimate of drug-likeness (QED) is 0.903. The van der Waals surface area contributed by atoms with Gasteiger partial charge < -0.3 is 9.67 Å². The number of carboxylic acids is 1. The maximum Gasteiger partial charge on any atom is 0.341 e. The number of pyridine rings is 1. The first-order valence-electron chi connectivity index (χ1n) is 6.07. The molecule has 0 spiro atoms. The number of fused-ring (bicyclic) bond motifs is 1. The molecular formula is C14H12FNO3. The summed E-state index contributed by atoms with van der Waals surface area (Å²) in [4.78, 5) is 23.2. The highest BCUT2D eigenvalue weighted by molar-refractivity contribution is 5.92. The molecule has 1 fully saturated rings. The third-order valence-corrected chi connectivity index (χ3v) is 3.48. The first-order valence-corrected chi connectivity index (χ1v) is 6.07. The fourth-order valence-electron chi connectivity index (χ4n) is 2.28. The molecule has 1 saturated carbocycles. The van der Waals surface area contributed by atoms with Gasteiger partial charge in [0.05, 0.1) is 5.52 Å². The van der Waals surface area contributed by atoms with Crippen molar-refractivity contribution in [2.75, 3.05) is 0 Å². The number of hydrogen-bond acceptors (Lipinski definition) is 2. The van der Waals surface area contributed by atoms with Crippen LogP contribution in [-0.2, 0) is 0 Å². The van der Waals surface area contributed by atoms with E-state index in [1.54, 1.807) is 17.6 Å². The van der Waals surface area contributed by atoms with Gasteiger partial charge in [0.1, 0.15) is 11.4 Å². The molecule has 1 aromatic carbocycles. The highest BCUT2D eigenvalue weighted by Crippen LogP contribution is 2.37. The number of hydrogen-bond donors (Lipinski definition) is 1. The number of aromatic nitrogens is 1. The zero-order chi connectivity index (χ0) is 13.7. The minimum atomic E-state index is -1.28. The third kappa shape index (κ3) is 1.82. The van der Waals surface area contributed by atoms with Crippen molar-refractivity contribution < 1.29 is 14.3 Å².